The van der Waals surface area contributed by atoms with E-state index in [0.717, 1.165) is 17.6 Å². The molecule has 0 fully saturated rings. The van der Waals surface area contributed by atoms with Crippen molar-refractivity contribution in [3.63, 3.8) is 0 Å². The van der Waals surface area contributed by atoms with Gasteiger partial charge in [0.05, 0.1) is 26.9 Å². The number of para-hydroxylation sites is 1. The van der Waals surface area contributed by atoms with Crippen LogP contribution < -0.4 is 5.32 Å². The van der Waals surface area contributed by atoms with Crippen LogP contribution >= 0.6 is 11.6 Å². The predicted molar refractivity (Wildman–Crippen MR) is 104 cm³/mol. The van der Waals surface area contributed by atoms with Crippen LogP contribution in [0.25, 0.3) is 5.69 Å². The first-order chi connectivity index (χ1) is 12.8. The minimum Gasteiger partial charge on any atom is -0.352 e. The Hall–Kier alpha value is -2.64. The lowest BCUT2D eigenvalue weighted by atomic mass is 10.2. The molecule has 0 saturated carbocycles. The van der Waals surface area contributed by atoms with Crippen LogP contribution in [0.2, 0.25) is 5.02 Å². The van der Waals surface area contributed by atoms with E-state index in [0.29, 0.717) is 13.0 Å². The summed E-state index contributed by atoms with van der Waals surface area (Å²) in [6.07, 6.45) is 3.48. The zero-order valence-corrected chi connectivity index (χ0v) is 16.2. The van der Waals surface area contributed by atoms with Crippen molar-refractivity contribution in [1.29, 1.82) is 0 Å². The molecule has 0 atom stereocenters. The van der Waals surface area contributed by atoms with Crippen LogP contribution in [0, 0.1) is 0 Å². The van der Waals surface area contributed by atoms with Crippen molar-refractivity contribution in [2.24, 2.45) is 0 Å². The molecule has 3 aromatic rings. The van der Waals surface area contributed by atoms with Gasteiger partial charge in [-0.25, -0.2) is 13.1 Å². The van der Waals surface area contributed by atoms with Gasteiger partial charge in [0.25, 0.3) is 5.91 Å². The van der Waals surface area contributed by atoms with Crippen LogP contribution in [0.5, 0.6) is 0 Å². The van der Waals surface area contributed by atoms with Crippen LogP contribution in [-0.2, 0) is 16.3 Å². The number of carbonyl (C=O) groups is 1. The maximum atomic E-state index is 12.3. The van der Waals surface area contributed by atoms with Gasteiger partial charge in [0, 0.05) is 25.4 Å². The number of rotatable bonds is 6. The molecular formula is C19H18ClN3O3S. The number of benzene rings is 2. The molecule has 0 aliphatic carbocycles. The third-order valence-electron chi connectivity index (χ3n) is 3.94. The molecule has 1 heterocycles. The van der Waals surface area contributed by atoms with E-state index in [2.05, 4.69) is 10.4 Å². The molecule has 0 spiro atoms. The van der Waals surface area contributed by atoms with E-state index in [1.807, 2.05) is 42.6 Å². The Bertz CT molecular complexity index is 1060. The Kier molecular flexibility index (Phi) is 5.62. The van der Waals surface area contributed by atoms with Crippen molar-refractivity contribution in [1.82, 2.24) is 15.1 Å². The SMILES string of the molecule is CS(=O)(=O)c1ccc(Cl)c(C(=O)NCCc2ccn(-c3ccccc3)n2)c1. The van der Waals surface area contributed by atoms with Crippen molar-refractivity contribution in [2.45, 2.75) is 11.3 Å². The third-order valence-corrected chi connectivity index (χ3v) is 5.38. The molecule has 0 saturated heterocycles. The highest BCUT2D eigenvalue weighted by Gasteiger charge is 2.15. The van der Waals surface area contributed by atoms with E-state index in [1.54, 1.807) is 4.68 Å². The number of carbonyl (C=O) groups excluding carboxylic acids is 1. The number of hydrogen-bond acceptors (Lipinski definition) is 4. The second kappa shape index (κ2) is 7.94. The Morgan fingerprint density at radius 2 is 1.89 bits per heavy atom. The second-order valence-corrected chi connectivity index (χ2v) is 8.43. The van der Waals surface area contributed by atoms with E-state index < -0.39 is 15.7 Å². The van der Waals surface area contributed by atoms with Crippen molar-refractivity contribution in [2.75, 3.05) is 12.8 Å². The highest BCUT2D eigenvalue weighted by Crippen LogP contribution is 2.20. The first-order valence-electron chi connectivity index (χ1n) is 8.22. The van der Waals surface area contributed by atoms with Crippen molar-refractivity contribution < 1.29 is 13.2 Å². The Morgan fingerprint density at radius 3 is 2.59 bits per heavy atom. The lowest BCUT2D eigenvalue weighted by molar-refractivity contribution is 0.0954. The van der Waals surface area contributed by atoms with Gasteiger partial charge < -0.3 is 5.32 Å². The molecule has 140 valence electrons. The summed E-state index contributed by atoms with van der Waals surface area (Å²) in [5.41, 5.74) is 1.92. The fraction of sp³-hybridized carbons (Fsp3) is 0.158. The number of amides is 1. The number of sulfone groups is 1. The van der Waals surface area contributed by atoms with Gasteiger partial charge in [-0.1, -0.05) is 29.8 Å². The summed E-state index contributed by atoms with van der Waals surface area (Å²) in [6, 6.07) is 15.7. The quantitative estimate of drug-likeness (QED) is 0.686. The summed E-state index contributed by atoms with van der Waals surface area (Å²) < 4.78 is 25.1. The highest BCUT2D eigenvalue weighted by atomic mass is 35.5. The van der Waals surface area contributed by atoms with Gasteiger partial charge in [0.2, 0.25) is 0 Å². The van der Waals surface area contributed by atoms with Crippen LogP contribution in [0.15, 0.2) is 65.7 Å². The molecule has 0 aliphatic heterocycles. The lowest BCUT2D eigenvalue weighted by Crippen LogP contribution is -2.26. The van der Waals surface area contributed by atoms with Gasteiger partial charge in [-0.05, 0) is 36.4 Å². The topological polar surface area (TPSA) is 81.1 Å². The zero-order valence-electron chi connectivity index (χ0n) is 14.6. The molecule has 0 aliphatic rings. The molecule has 6 nitrogen and oxygen atoms in total. The van der Waals surface area contributed by atoms with Crippen molar-refractivity contribution in [3.8, 4) is 5.69 Å². The Balaban J connectivity index is 1.63. The number of aromatic nitrogens is 2. The molecular weight excluding hydrogens is 386 g/mol. The molecule has 1 N–H and O–H groups in total. The number of nitrogens with one attached hydrogen (secondary N) is 1. The second-order valence-electron chi connectivity index (χ2n) is 6.01. The molecule has 1 aromatic heterocycles. The fourth-order valence-electron chi connectivity index (χ4n) is 2.53. The largest absolute Gasteiger partial charge is 0.352 e. The van der Waals surface area contributed by atoms with Gasteiger partial charge in [-0.2, -0.15) is 5.10 Å². The van der Waals surface area contributed by atoms with E-state index in [-0.39, 0.29) is 15.5 Å². The summed E-state index contributed by atoms with van der Waals surface area (Å²) in [7, 11) is -3.41. The van der Waals surface area contributed by atoms with E-state index in [1.165, 1.54) is 18.2 Å². The molecule has 0 radical (unpaired) electrons. The number of hydrogen-bond donors (Lipinski definition) is 1. The minimum atomic E-state index is -3.41. The van der Waals surface area contributed by atoms with E-state index in [9.17, 15) is 13.2 Å². The molecule has 0 unspecified atom stereocenters. The van der Waals surface area contributed by atoms with Crippen LogP contribution in [-0.4, -0.2) is 36.9 Å². The summed E-state index contributed by atoms with van der Waals surface area (Å²) in [5.74, 6) is -0.423. The monoisotopic (exact) mass is 403 g/mol. The van der Waals surface area contributed by atoms with Gasteiger partial charge in [0.1, 0.15) is 0 Å². The zero-order chi connectivity index (χ0) is 19.4. The summed E-state index contributed by atoms with van der Waals surface area (Å²) >= 11 is 6.04. The molecule has 8 heteroatoms. The van der Waals surface area contributed by atoms with Crippen LogP contribution in [0.4, 0.5) is 0 Å². The maximum absolute atomic E-state index is 12.3. The Labute approximate surface area is 162 Å². The summed E-state index contributed by atoms with van der Waals surface area (Å²) in [5, 5.41) is 7.42. The van der Waals surface area contributed by atoms with Crippen LogP contribution in [0.1, 0.15) is 16.1 Å². The van der Waals surface area contributed by atoms with Crippen molar-refractivity contribution >= 4 is 27.3 Å². The number of halogens is 1. The Morgan fingerprint density at radius 1 is 1.15 bits per heavy atom. The van der Waals surface area contributed by atoms with E-state index >= 15 is 0 Å². The molecule has 3 rings (SSSR count). The first kappa shape index (κ1) is 19.1. The van der Waals surface area contributed by atoms with Gasteiger partial charge in [-0.3, -0.25) is 4.79 Å². The summed E-state index contributed by atoms with van der Waals surface area (Å²) in [4.78, 5) is 12.4. The van der Waals surface area contributed by atoms with Crippen LogP contribution in [0.3, 0.4) is 0 Å². The first-order valence-corrected chi connectivity index (χ1v) is 10.5. The van der Waals surface area contributed by atoms with Gasteiger partial charge in [0.15, 0.2) is 9.84 Å². The molecule has 1 amide bonds. The van der Waals surface area contributed by atoms with Crippen molar-refractivity contribution in [3.05, 3.63) is 77.1 Å². The summed E-state index contributed by atoms with van der Waals surface area (Å²) in [6.45, 7) is 0.351. The number of nitrogens with zero attached hydrogens (tertiary/aromatic N) is 2. The van der Waals surface area contributed by atoms with Gasteiger partial charge >= 0.3 is 0 Å². The smallest absolute Gasteiger partial charge is 0.252 e. The van der Waals surface area contributed by atoms with Gasteiger partial charge in [-0.15, -0.1) is 0 Å². The highest BCUT2D eigenvalue weighted by molar-refractivity contribution is 7.90. The molecule has 2 aromatic carbocycles. The minimum absolute atomic E-state index is 0.0543. The average Bonchev–Trinajstić information content (AvgIpc) is 3.10. The standard InChI is InChI=1S/C19H18ClN3O3S/c1-27(25,26)16-7-8-18(20)17(13-16)19(24)21-11-9-14-10-12-23(22-14)15-5-3-2-4-6-15/h2-8,10,12-13H,9,11H2,1H3,(H,21,24). The predicted octanol–water partition coefficient (Wildman–Crippen LogP) is 2.90. The average molecular weight is 404 g/mol. The maximum Gasteiger partial charge on any atom is 0.252 e. The third kappa shape index (κ3) is 4.75. The molecule has 27 heavy (non-hydrogen) atoms. The van der Waals surface area contributed by atoms with E-state index in [4.69, 9.17) is 11.6 Å². The lowest BCUT2D eigenvalue weighted by Gasteiger charge is -2.08. The molecule has 0 bridgehead atoms. The fourth-order valence-corrected chi connectivity index (χ4v) is 3.38. The normalized spacial score (nSPS) is 11.3.